The molecule has 1 saturated heterocycles. The van der Waals surface area contributed by atoms with E-state index in [2.05, 4.69) is 34.9 Å². The lowest BCUT2D eigenvalue weighted by Gasteiger charge is -2.29. The van der Waals surface area contributed by atoms with E-state index in [-0.39, 0.29) is 11.8 Å². The Labute approximate surface area is 171 Å². The van der Waals surface area contributed by atoms with Crippen LogP contribution in [0.15, 0.2) is 48.5 Å². The number of carbonyl (C=O) groups is 2. The van der Waals surface area contributed by atoms with Gasteiger partial charge in [-0.3, -0.25) is 9.59 Å². The zero-order valence-electron chi connectivity index (χ0n) is 17.1. The molecular weight excluding hydrogens is 368 g/mol. The van der Waals surface area contributed by atoms with Crippen LogP contribution >= 0.6 is 0 Å². The number of rotatable bonds is 7. The van der Waals surface area contributed by atoms with Gasteiger partial charge in [0, 0.05) is 18.2 Å². The van der Waals surface area contributed by atoms with E-state index in [1.165, 1.54) is 17.4 Å². The van der Waals surface area contributed by atoms with E-state index in [0.717, 1.165) is 32.7 Å². The van der Waals surface area contributed by atoms with Crippen molar-refractivity contribution >= 4 is 23.2 Å². The summed E-state index contributed by atoms with van der Waals surface area (Å²) in [5.41, 5.74) is 2.55. The summed E-state index contributed by atoms with van der Waals surface area (Å²) in [6.07, 6.45) is 0. The largest absolute Gasteiger partial charge is 0.495 e. The summed E-state index contributed by atoms with van der Waals surface area (Å²) in [7, 11) is 1.56. The van der Waals surface area contributed by atoms with Gasteiger partial charge in [-0.15, -0.1) is 0 Å². The van der Waals surface area contributed by atoms with Gasteiger partial charge < -0.3 is 25.2 Å². The van der Waals surface area contributed by atoms with Gasteiger partial charge in [-0.2, -0.15) is 0 Å². The monoisotopic (exact) mass is 398 g/mol. The van der Waals surface area contributed by atoms with Crippen molar-refractivity contribution in [3.63, 3.8) is 0 Å². The van der Waals surface area contributed by atoms with Gasteiger partial charge in [-0.25, -0.2) is 0 Å². The third-order valence-corrected chi connectivity index (χ3v) is 5.17. The molecule has 2 aromatic rings. The number of quaternary nitrogens is 2. The Balaban J connectivity index is 1.50. The quantitative estimate of drug-likeness (QED) is 0.512. The number of nitrogens with one attached hydrogen (secondary N) is 4. The molecule has 0 atom stereocenters. The number of methoxy groups -OCH3 is 1. The van der Waals surface area contributed by atoms with Gasteiger partial charge in [0.25, 0.3) is 5.91 Å². The highest BCUT2D eigenvalue weighted by Crippen LogP contribution is 2.27. The van der Waals surface area contributed by atoms with Crippen LogP contribution in [0.5, 0.6) is 5.75 Å². The fraction of sp³-hybridized carbons (Fsp3) is 0.364. The minimum atomic E-state index is -0.159. The minimum Gasteiger partial charge on any atom is -0.495 e. The molecule has 154 valence electrons. The van der Waals surface area contributed by atoms with Crippen LogP contribution in [-0.2, 0) is 16.1 Å². The van der Waals surface area contributed by atoms with Crippen LogP contribution in [0.4, 0.5) is 11.4 Å². The number of ether oxygens (including phenoxy) is 1. The molecule has 2 aromatic carbocycles. The number of anilines is 2. The lowest BCUT2D eigenvalue weighted by molar-refractivity contribution is -1.02. The van der Waals surface area contributed by atoms with Gasteiger partial charge in [0.1, 0.15) is 38.5 Å². The Morgan fingerprint density at radius 2 is 1.66 bits per heavy atom. The van der Waals surface area contributed by atoms with Crippen LogP contribution in [0, 0.1) is 0 Å². The molecular formula is C22H30N4O3+2. The normalized spacial score (nSPS) is 18.7. The number of piperazine rings is 1. The minimum absolute atomic E-state index is 0.0511. The molecule has 0 radical (unpaired) electrons. The van der Waals surface area contributed by atoms with Gasteiger partial charge in [0.15, 0.2) is 6.54 Å². The Morgan fingerprint density at radius 3 is 2.31 bits per heavy atom. The average molecular weight is 399 g/mol. The Morgan fingerprint density at radius 1 is 0.966 bits per heavy atom. The van der Waals surface area contributed by atoms with E-state index in [1.807, 2.05) is 6.07 Å². The standard InChI is InChI=1S/C22H28N4O3/c1-17(27)23-19-8-9-21(29-2)20(14-19)24-22(28)16-26-12-10-25(11-13-26)15-18-6-4-3-5-7-18/h3-9,14H,10-13,15-16H2,1-2H3,(H,23,27)(H,24,28)/p+2. The number of amides is 2. The smallest absolute Gasteiger partial charge is 0.279 e. The van der Waals surface area contributed by atoms with Crippen molar-refractivity contribution in [2.75, 3.05) is 50.5 Å². The lowest BCUT2D eigenvalue weighted by atomic mass is 10.2. The predicted octanol–water partition coefficient (Wildman–Crippen LogP) is -0.424. The van der Waals surface area contributed by atoms with Gasteiger partial charge in [-0.1, -0.05) is 30.3 Å². The van der Waals surface area contributed by atoms with Crippen LogP contribution in [0.3, 0.4) is 0 Å². The Bertz CT molecular complexity index is 833. The first-order valence-corrected chi connectivity index (χ1v) is 10.00. The molecule has 1 fully saturated rings. The van der Waals surface area contributed by atoms with Crippen molar-refractivity contribution in [3.8, 4) is 5.75 Å². The predicted molar refractivity (Wildman–Crippen MR) is 112 cm³/mol. The zero-order chi connectivity index (χ0) is 20.6. The highest BCUT2D eigenvalue weighted by atomic mass is 16.5. The number of hydrogen-bond donors (Lipinski definition) is 4. The van der Waals surface area contributed by atoms with Crippen LogP contribution < -0.4 is 25.2 Å². The Hall–Kier alpha value is -2.90. The van der Waals surface area contributed by atoms with Crippen molar-refractivity contribution in [1.29, 1.82) is 0 Å². The maximum absolute atomic E-state index is 12.6. The second-order valence-corrected chi connectivity index (χ2v) is 7.48. The summed E-state index contributed by atoms with van der Waals surface area (Å²) >= 11 is 0. The molecule has 7 nitrogen and oxygen atoms in total. The van der Waals surface area contributed by atoms with Crippen LogP contribution in [-0.4, -0.2) is 51.6 Å². The third kappa shape index (κ3) is 6.30. The molecule has 0 aliphatic carbocycles. The summed E-state index contributed by atoms with van der Waals surface area (Å²) in [6.45, 7) is 6.96. The molecule has 0 aromatic heterocycles. The Kier molecular flexibility index (Phi) is 7.21. The summed E-state index contributed by atoms with van der Waals surface area (Å²) in [5.74, 6) is 0.358. The third-order valence-electron chi connectivity index (χ3n) is 5.17. The second-order valence-electron chi connectivity index (χ2n) is 7.48. The van der Waals surface area contributed by atoms with Crippen molar-refractivity contribution in [2.45, 2.75) is 13.5 Å². The molecule has 3 rings (SSSR count). The van der Waals surface area contributed by atoms with E-state index in [0.29, 0.717) is 23.7 Å². The first-order valence-electron chi connectivity index (χ1n) is 10.00. The lowest BCUT2D eigenvalue weighted by Crippen LogP contribution is -3.28. The number of carbonyl (C=O) groups excluding carboxylic acids is 2. The van der Waals surface area contributed by atoms with Gasteiger partial charge in [-0.05, 0) is 18.2 Å². The fourth-order valence-corrected chi connectivity index (χ4v) is 3.70. The van der Waals surface area contributed by atoms with Crippen LogP contribution in [0.2, 0.25) is 0 Å². The van der Waals surface area contributed by atoms with Crippen molar-refractivity contribution in [3.05, 3.63) is 54.1 Å². The molecule has 0 bridgehead atoms. The topological polar surface area (TPSA) is 76.3 Å². The molecule has 7 heteroatoms. The van der Waals surface area contributed by atoms with Crippen LogP contribution in [0.25, 0.3) is 0 Å². The number of benzene rings is 2. The zero-order valence-corrected chi connectivity index (χ0v) is 17.1. The van der Waals surface area contributed by atoms with Gasteiger partial charge in [0.2, 0.25) is 5.91 Å². The van der Waals surface area contributed by atoms with E-state index >= 15 is 0 Å². The number of hydrogen-bond acceptors (Lipinski definition) is 3. The summed E-state index contributed by atoms with van der Waals surface area (Å²) in [4.78, 5) is 26.7. The SMILES string of the molecule is COc1ccc(NC(C)=O)cc1NC(=O)C[NH+]1CC[NH+](Cc2ccccc2)CC1. The van der Waals surface area contributed by atoms with E-state index in [1.54, 1.807) is 30.2 Å². The van der Waals surface area contributed by atoms with Crippen molar-refractivity contribution in [1.82, 2.24) is 0 Å². The molecule has 4 N–H and O–H groups in total. The summed E-state index contributed by atoms with van der Waals surface area (Å²) in [5, 5.41) is 5.65. The van der Waals surface area contributed by atoms with E-state index < -0.39 is 0 Å². The van der Waals surface area contributed by atoms with Crippen molar-refractivity contribution in [2.24, 2.45) is 0 Å². The highest BCUT2D eigenvalue weighted by Gasteiger charge is 2.25. The molecule has 0 unspecified atom stereocenters. The first-order chi connectivity index (χ1) is 14.0. The van der Waals surface area contributed by atoms with E-state index in [9.17, 15) is 9.59 Å². The van der Waals surface area contributed by atoms with Crippen LogP contribution in [0.1, 0.15) is 12.5 Å². The first kappa shape index (κ1) is 20.8. The fourth-order valence-electron chi connectivity index (χ4n) is 3.70. The highest BCUT2D eigenvalue weighted by molar-refractivity contribution is 5.95. The maximum atomic E-state index is 12.6. The molecule has 0 spiro atoms. The molecule has 2 amide bonds. The maximum Gasteiger partial charge on any atom is 0.279 e. The van der Waals surface area contributed by atoms with Gasteiger partial charge in [0.05, 0.1) is 12.8 Å². The molecule has 1 aliphatic rings. The summed E-state index contributed by atoms with van der Waals surface area (Å²) in [6, 6.07) is 15.7. The second kappa shape index (κ2) is 10.0. The molecule has 0 saturated carbocycles. The molecule has 1 heterocycles. The summed E-state index contributed by atoms with van der Waals surface area (Å²) < 4.78 is 5.33. The van der Waals surface area contributed by atoms with Crippen molar-refractivity contribution < 1.29 is 24.1 Å². The molecule has 29 heavy (non-hydrogen) atoms. The average Bonchev–Trinajstić information content (AvgIpc) is 2.70. The van der Waals surface area contributed by atoms with E-state index in [4.69, 9.17) is 4.74 Å². The van der Waals surface area contributed by atoms with Gasteiger partial charge >= 0.3 is 0 Å². The molecule has 1 aliphatic heterocycles.